The van der Waals surface area contributed by atoms with Gasteiger partial charge in [-0.1, -0.05) is 17.8 Å². The number of pyridine rings is 2. The van der Waals surface area contributed by atoms with Crippen LogP contribution in [-0.2, 0) is 0 Å². The normalized spacial score (nSPS) is 11.2. The highest BCUT2D eigenvalue weighted by Gasteiger charge is 2.11. The van der Waals surface area contributed by atoms with Gasteiger partial charge in [0.05, 0.1) is 34.8 Å². The van der Waals surface area contributed by atoms with Gasteiger partial charge in [-0.2, -0.15) is 0 Å². The van der Waals surface area contributed by atoms with E-state index >= 15 is 0 Å². The van der Waals surface area contributed by atoms with E-state index in [-0.39, 0.29) is 17.8 Å². The predicted octanol–water partition coefficient (Wildman–Crippen LogP) is 1.77. The average Bonchev–Trinajstić information content (AvgIpc) is 2.68. The maximum atomic E-state index is 12.2. The van der Waals surface area contributed by atoms with Crippen LogP contribution >= 0.6 is 0 Å². The molecule has 3 aromatic rings. The Morgan fingerprint density at radius 3 is 2.68 bits per heavy atom. The summed E-state index contributed by atoms with van der Waals surface area (Å²) in [6.07, 6.45) is 9.88. The summed E-state index contributed by atoms with van der Waals surface area (Å²) < 4.78 is 0. The first kappa shape index (κ1) is 18.8. The van der Waals surface area contributed by atoms with Crippen molar-refractivity contribution in [3.8, 4) is 24.2 Å². The molecule has 138 valence electrons. The fraction of sp³-hybridized carbons (Fsp3) is 0.190. The molecule has 0 aliphatic heterocycles. The van der Waals surface area contributed by atoms with Crippen molar-refractivity contribution in [1.29, 1.82) is 0 Å². The molecule has 0 bridgehead atoms. The molecule has 0 aliphatic rings. The van der Waals surface area contributed by atoms with E-state index in [0.717, 1.165) is 11.4 Å². The van der Waals surface area contributed by atoms with Crippen LogP contribution in [0.5, 0.6) is 0 Å². The summed E-state index contributed by atoms with van der Waals surface area (Å²) in [4.78, 5) is 29.4. The number of anilines is 1. The van der Waals surface area contributed by atoms with Gasteiger partial charge in [-0.3, -0.25) is 9.78 Å². The third-order valence-corrected chi connectivity index (χ3v) is 4.08. The topological polar surface area (TPSA) is 107 Å². The van der Waals surface area contributed by atoms with Crippen molar-refractivity contribution in [3.05, 3.63) is 52.7 Å². The van der Waals surface area contributed by atoms with Gasteiger partial charge in [0.25, 0.3) is 5.91 Å². The van der Waals surface area contributed by atoms with E-state index < -0.39 is 0 Å². The van der Waals surface area contributed by atoms with Gasteiger partial charge >= 0.3 is 0 Å². The SMILES string of the molecule is C#C[C@@H](C)NC(=O)c1cncc(C#Cc2c(N)ncc3nc(C)c(C)nc23)c1. The second-order valence-electron chi connectivity index (χ2n) is 6.22. The largest absolute Gasteiger partial charge is 0.383 e. The maximum Gasteiger partial charge on any atom is 0.253 e. The number of hydrogen-bond donors (Lipinski definition) is 2. The number of hydrogen-bond acceptors (Lipinski definition) is 6. The number of nitrogens with zero attached hydrogens (tertiary/aromatic N) is 4. The van der Waals surface area contributed by atoms with Crippen LogP contribution in [-0.4, -0.2) is 31.9 Å². The van der Waals surface area contributed by atoms with Crippen LogP contribution in [0, 0.1) is 38.0 Å². The van der Waals surface area contributed by atoms with Crippen molar-refractivity contribution in [3.63, 3.8) is 0 Å². The fourth-order valence-corrected chi connectivity index (χ4v) is 2.42. The van der Waals surface area contributed by atoms with Gasteiger partial charge < -0.3 is 11.1 Å². The number of rotatable bonds is 2. The lowest BCUT2D eigenvalue weighted by molar-refractivity contribution is 0.0947. The number of amides is 1. The summed E-state index contributed by atoms with van der Waals surface area (Å²) in [5.41, 5.74) is 10.2. The van der Waals surface area contributed by atoms with E-state index in [1.807, 2.05) is 13.8 Å². The summed E-state index contributed by atoms with van der Waals surface area (Å²) in [5.74, 6) is 8.36. The molecule has 7 heteroatoms. The zero-order valence-corrected chi connectivity index (χ0v) is 15.7. The number of carbonyl (C=O) groups is 1. The molecule has 1 atom stereocenters. The van der Waals surface area contributed by atoms with Crippen LogP contribution < -0.4 is 11.1 Å². The second-order valence-corrected chi connectivity index (χ2v) is 6.22. The van der Waals surface area contributed by atoms with Gasteiger partial charge in [0.2, 0.25) is 0 Å². The van der Waals surface area contributed by atoms with Gasteiger partial charge in [-0.05, 0) is 26.8 Å². The van der Waals surface area contributed by atoms with Gasteiger partial charge in [-0.15, -0.1) is 6.42 Å². The third kappa shape index (κ3) is 3.89. The number of terminal acetylenes is 1. The number of aromatic nitrogens is 4. The smallest absolute Gasteiger partial charge is 0.253 e. The molecule has 0 spiro atoms. The van der Waals surface area contributed by atoms with Crippen LogP contribution in [0.3, 0.4) is 0 Å². The van der Waals surface area contributed by atoms with Gasteiger partial charge in [0, 0.05) is 18.0 Å². The van der Waals surface area contributed by atoms with Crippen molar-refractivity contribution in [2.24, 2.45) is 0 Å². The van der Waals surface area contributed by atoms with Crippen molar-refractivity contribution < 1.29 is 4.79 Å². The molecular weight excluding hydrogens is 352 g/mol. The van der Waals surface area contributed by atoms with Crippen LogP contribution in [0.4, 0.5) is 5.82 Å². The van der Waals surface area contributed by atoms with E-state index in [4.69, 9.17) is 12.2 Å². The van der Waals surface area contributed by atoms with Gasteiger partial charge in [-0.25, -0.2) is 15.0 Å². The van der Waals surface area contributed by atoms with Crippen LogP contribution in [0.2, 0.25) is 0 Å². The number of aryl methyl sites for hydroxylation is 2. The Kier molecular flexibility index (Phi) is 5.19. The molecule has 28 heavy (non-hydrogen) atoms. The molecule has 3 N–H and O–H groups in total. The Morgan fingerprint density at radius 2 is 1.93 bits per heavy atom. The molecule has 0 saturated heterocycles. The first-order chi connectivity index (χ1) is 13.4. The first-order valence-electron chi connectivity index (χ1n) is 8.52. The van der Waals surface area contributed by atoms with Crippen molar-refractivity contribution >= 4 is 22.8 Å². The number of nitrogens with one attached hydrogen (secondary N) is 1. The van der Waals surface area contributed by atoms with Gasteiger partial charge in [0.15, 0.2) is 0 Å². The minimum atomic E-state index is -0.380. The molecule has 0 saturated carbocycles. The Morgan fingerprint density at radius 1 is 1.18 bits per heavy atom. The summed E-state index contributed by atoms with van der Waals surface area (Å²) >= 11 is 0. The minimum Gasteiger partial charge on any atom is -0.383 e. The quantitative estimate of drug-likeness (QED) is 0.666. The van der Waals surface area contributed by atoms with Crippen LogP contribution in [0.1, 0.15) is 39.8 Å². The Hall–Kier alpha value is -3.97. The first-order valence-corrected chi connectivity index (χ1v) is 8.52. The fourth-order valence-electron chi connectivity index (χ4n) is 2.42. The molecule has 3 rings (SSSR count). The summed E-state index contributed by atoms with van der Waals surface area (Å²) in [7, 11) is 0. The van der Waals surface area contributed by atoms with E-state index in [1.165, 1.54) is 6.20 Å². The summed E-state index contributed by atoms with van der Waals surface area (Å²) in [5, 5.41) is 2.68. The Balaban J connectivity index is 2.00. The zero-order valence-electron chi connectivity index (χ0n) is 15.7. The highest BCUT2D eigenvalue weighted by Crippen LogP contribution is 2.19. The van der Waals surface area contributed by atoms with Crippen molar-refractivity contribution in [2.75, 3.05) is 5.73 Å². The van der Waals surface area contributed by atoms with E-state index in [9.17, 15) is 4.79 Å². The molecule has 7 nitrogen and oxygen atoms in total. The summed E-state index contributed by atoms with van der Waals surface area (Å²) in [6, 6.07) is 1.25. The molecule has 3 aromatic heterocycles. The standard InChI is InChI=1S/C21H18N6O/c1-5-12(2)25-21(28)16-8-15(9-23-10-16)6-7-17-19-18(11-24-20(17)22)26-13(3)14(4)27-19/h1,8-12H,2-4H3,(H2,22,24)(H,25,28)/t12-/m1/s1. The predicted molar refractivity (Wildman–Crippen MR) is 107 cm³/mol. The summed E-state index contributed by atoms with van der Waals surface area (Å²) in [6.45, 7) is 5.47. The van der Waals surface area contributed by atoms with Crippen molar-refractivity contribution in [2.45, 2.75) is 26.8 Å². The number of nitrogens with two attached hydrogens (primary N) is 1. The molecule has 3 heterocycles. The number of nitrogen functional groups attached to an aromatic ring is 1. The minimum absolute atomic E-state index is 0.266. The lowest BCUT2D eigenvalue weighted by Crippen LogP contribution is -2.31. The Labute approximate surface area is 162 Å². The van der Waals surface area contributed by atoms with Crippen molar-refractivity contribution in [1.82, 2.24) is 25.3 Å². The second kappa shape index (κ2) is 7.73. The average molecular weight is 370 g/mol. The zero-order chi connectivity index (χ0) is 20.3. The lowest BCUT2D eigenvalue weighted by atomic mass is 10.1. The van der Waals surface area contributed by atoms with Gasteiger partial charge in [0.1, 0.15) is 16.9 Å². The van der Waals surface area contributed by atoms with Crippen LogP contribution in [0.25, 0.3) is 11.0 Å². The maximum absolute atomic E-state index is 12.2. The highest BCUT2D eigenvalue weighted by atomic mass is 16.1. The van der Waals surface area contributed by atoms with E-state index in [2.05, 4.69) is 43.0 Å². The molecule has 0 fully saturated rings. The highest BCUT2D eigenvalue weighted by molar-refractivity contribution is 5.94. The molecule has 0 unspecified atom stereocenters. The molecule has 1 amide bonds. The molecule has 0 aromatic carbocycles. The lowest BCUT2D eigenvalue weighted by Gasteiger charge is -2.07. The number of fused-ring (bicyclic) bond motifs is 1. The molecule has 0 aliphatic carbocycles. The van der Waals surface area contributed by atoms with E-state index in [1.54, 1.807) is 25.4 Å². The third-order valence-electron chi connectivity index (χ3n) is 4.08. The number of carbonyl (C=O) groups excluding carboxylic acids is 1. The Bertz CT molecular complexity index is 1180. The van der Waals surface area contributed by atoms with Crippen LogP contribution in [0.15, 0.2) is 24.7 Å². The molecule has 0 radical (unpaired) electrons. The monoisotopic (exact) mass is 370 g/mol. The van der Waals surface area contributed by atoms with E-state index in [0.29, 0.717) is 27.7 Å². The molecular formula is C21H18N6O.